The molecule has 2 rings (SSSR count). The third-order valence-corrected chi connectivity index (χ3v) is 3.29. The molecule has 0 aliphatic rings. The van der Waals surface area contributed by atoms with Crippen molar-refractivity contribution < 1.29 is 18.9 Å². The molecule has 0 saturated heterocycles. The highest BCUT2D eigenvalue weighted by Crippen LogP contribution is 2.03. The summed E-state index contributed by atoms with van der Waals surface area (Å²) in [4.78, 5) is 23.4. The molecule has 2 amide bonds. The number of carbonyl (C=O) groups excluding carboxylic acids is 2. The number of primary amides is 1. The second-order valence-corrected chi connectivity index (χ2v) is 5.24. The summed E-state index contributed by atoms with van der Waals surface area (Å²) in [5.41, 5.74) is 7.12. The molecule has 120 valence electrons. The second kappa shape index (κ2) is 7.93. The molecule has 0 aliphatic carbocycles. The number of nitrogens with zero attached hydrogens (tertiary/aromatic N) is 1. The molecule has 2 aromatic rings. The van der Waals surface area contributed by atoms with Gasteiger partial charge in [0, 0.05) is 18.1 Å². The fourth-order valence-corrected chi connectivity index (χ4v) is 2.14. The van der Waals surface area contributed by atoms with E-state index in [1.54, 1.807) is 0 Å². The number of aryl methyl sites for hydroxylation is 1. The van der Waals surface area contributed by atoms with E-state index in [0.29, 0.717) is 6.42 Å². The van der Waals surface area contributed by atoms with Crippen molar-refractivity contribution in [3.05, 3.63) is 66.0 Å². The van der Waals surface area contributed by atoms with Crippen LogP contribution in [0.2, 0.25) is 0 Å². The molecule has 0 unspecified atom stereocenters. The third-order valence-electron chi connectivity index (χ3n) is 3.29. The molecule has 6 heteroatoms. The van der Waals surface area contributed by atoms with Crippen LogP contribution in [0, 0.1) is 0 Å². The van der Waals surface area contributed by atoms with E-state index in [0.717, 1.165) is 11.1 Å². The highest BCUT2D eigenvalue weighted by Gasteiger charge is 2.20. The molecule has 3 N–H and O–H groups in total. The van der Waals surface area contributed by atoms with Crippen LogP contribution in [0.15, 0.2) is 54.9 Å². The first-order valence-electron chi connectivity index (χ1n) is 7.25. The summed E-state index contributed by atoms with van der Waals surface area (Å²) < 4.78 is 6.97. The number of pyridine rings is 1. The molecule has 0 bridgehead atoms. The molecule has 0 saturated carbocycles. The Morgan fingerprint density at radius 3 is 2.52 bits per heavy atom. The van der Waals surface area contributed by atoms with Gasteiger partial charge in [-0.05, 0) is 11.6 Å². The quantitative estimate of drug-likeness (QED) is 0.775. The number of amides is 2. The van der Waals surface area contributed by atoms with Crippen molar-refractivity contribution in [3.8, 4) is 0 Å². The third kappa shape index (κ3) is 5.43. The summed E-state index contributed by atoms with van der Waals surface area (Å²) in [5.74, 6) is -0.604. The predicted molar refractivity (Wildman–Crippen MR) is 84.1 cm³/mol. The van der Waals surface area contributed by atoms with Crippen molar-refractivity contribution in [2.24, 2.45) is 12.8 Å². The molecule has 0 spiro atoms. The standard InChI is InChI=1S/C17H19N3O3/c1-20-9-5-8-14(11-20)10-15(16(18)21)19-17(22)23-12-13-6-3-2-4-7-13/h2-9,11,15H,10,12H2,1H3,(H2-,18,19,21,22)/p+1/t15-/m0/s1. The van der Waals surface area contributed by atoms with Crippen LogP contribution in [0.5, 0.6) is 0 Å². The molecule has 1 heterocycles. The maximum absolute atomic E-state index is 11.8. The Labute approximate surface area is 134 Å². The second-order valence-electron chi connectivity index (χ2n) is 5.24. The fraction of sp³-hybridized carbons (Fsp3) is 0.235. The normalized spacial score (nSPS) is 11.5. The van der Waals surface area contributed by atoms with Crippen LogP contribution in [0.1, 0.15) is 11.1 Å². The first kappa shape index (κ1) is 16.5. The molecular formula is C17H20N3O3+. The smallest absolute Gasteiger partial charge is 0.408 e. The van der Waals surface area contributed by atoms with E-state index >= 15 is 0 Å². The van der Waals surface area contributed by atoms with Crippen molar-refractivity contribution in [2.45, 2.75) is 19.1 Å². The molecule has 23 heavy (non-hydrogen) atoms. The van der Waals surface area contributed by atoms with Crippen LogP contribution in [0.4, 0.5) is 4.79 Å². The average molecular weight is 314 g/mol. The number of hydrogen-bond donors (Lipinski definition) is 2. The molecule has 1 aromatic heterocycles. The number of aromatic nitrogens is 1. The summed E-state index contributed by atoms with van der Waals surface area (Å²) >= 11 is 0. The molecule has 1 atom stereocenters. The minimum absolute atomic E-state index is 0.137. The van der Waals surface area contributed by atoms with E-state index in [1.807, 2.05) is 66.5 Å². The largest absolute Gasteiger partial charge is 0.445 e. The van der Waals surface area contributed by atoms with Gasteiger partial charge >= 0.3 is 6.09 Å². The molecule has 0 aliphatic heterocycles. The van der Waals surface area contributed by atoms with Crippen molar-refractivity contribution in [1.29, 1.82) is 0 Å². The lowest BCUT2D eigenvalue weighted by Gasteiger charge is -2.15. The van der Waals surface area contributed by atoms with Gasteiger partial charge in [-0.1, -0.05) is 30.3 Å². The monoisotopic (exact) mass is 314 g/mol. The molecule has 6 nitrogen and oxygen atoms in total. The van der Waals surface area contributed by atoms with Gasteiger partial charge in [0.15, 0.2) is 12.4 Å². The zero-order valence-corrected chi connectivity index (χ0v) is 12.9. The number of nitrogens with two attached hydrogens (primary N) is 1. The summed E-state index contributed by atoms with van der Waals surface area (Å²) in [6, 6.07) is 12.2. The van der Waals surface area contributed by atoms with Gasteiger partial charge in [0.25, 0.3) is 0 Å². The maximum atomic E-state index is 11.8. The predicted octanol–water partition coefficient (Wildman–Crippen LogP) is 0.834. The van der Waals surface area contributed by atoms with E-state index in [2.05, 4.69) is 5.32 Å². The zero-order chi connectivity index (χ0) is 16.7. The number of benzene rings is 1. The fourth-order valence-electron chi connectivity index (χ4n) is 2.14. The van der Waals surface area contributed by atoms with Gasteiger partial charge in [0.2, 0.25) is 5.91 Å². The summed E-state index contributed by atoms with van der Waals surface area (Å²) in [6.07, 6.45) is 3.39. The van der Waals surface area contributed by atoms with E-state index in [-0.39, 0.29) is 6.61 Å². The minimum Gasteiger partial charge on any atom is -0.445 e. The number of rotatable bonds is 6. The minimum atomic E-state index is -0.819. The first-order valence-corrected chi connectivity index (χ1v) is 7.25. The van der Waals surface area contributed by atoms with E-state index in [4.69, 9.17) is 10.5 Å². The summed E-state index contributed by atoms with van der Waals surface area (Å²) in [7, 11) is 1.88. The number of hydrogen-bond acceptors (Lipinski definition) is 3. The lowest BCUT2D eigenvalue weighted by Crippen LogP contribution is -2.46. The van der Waals surface area contributed by atoms with Crippen LogP contribution >= 0.6 is 0 Å². The van der Waals surface area contributed by atoms with Gasteiger partial charge in [-0.2, -0.15) is 0 Å². The van der Waals surface area contributed by atoms with E-state index in [9.17, 15) is 9.59 Å². The van der Waals surface area contributed by atoms with Gasteiger partial charge < -0.3 is 15.8 Å². The number of carbonyl (C=O) groups is 2. The Kier molecular flexibility index (Phi) is 5.68. The van der Waals surface area contributed by atoms with Gasteiger partial charge in [0.05, 0.1) is 0 Å². The lowest BCUT2D eigenvalue weighted by atomic mass is 10.1. The van der Waals surface area contributed by atoms with Crippen molar-refractivity contribution in [3.63, 3.8) is 0 Å². The Bertz CT molecular complexity index is 674. The molecule has 1 aromatic carbocycles. The topological polar surface area (TPSA) is 85.3 Å². The molecule has 0 radical (unpaired) electrons. The van der Waals surface area contributed by atoms with E-state index < -0.39 is 18.0 Å². The maximum Gasteiger partial charge on any atom is 0.408 e. The van der Waals surface area contributed by atoms with Crippen LogP contribution in [0.25, 0.3) is 0 Å². The molecule has 0 fully saturated rings. The number of nitrogens with one attached hydrogen (secondary N) is 1. The van der Waals surface area contributed by atoms with Crippen molar-refractivity contribution in [2.75, 3.05) is 0 Å². The lowest BCUT2D eigenvalue weighted by molar-refractivity contribution is -0.671. The van der Waals surface area contributed by atoms with Gasteiger partial charge in [-0.25, -0.2) is 9.36 Å². The highest BCUT2D eigenvalue weighted by atomic mass is 16.5. The zero-order valence-electron chi connectivity index (χ0n) is 12.9. The number of alkyl carbamates (subject to hydrolysis) is 1. The van der Waals surface area contributed by atoms with Gasteiger partial charge in [-0.3, -0.25) is 4.79 Å². The van der Waals surface area contributed by atoms with Crippen LogP contribution in [-0.4, -0.2) is 18.0 Å². The number of ether oxygens (including phenoxy) is 1. The first-order chi connectivity index (χ1) is 11.0. The van der Waals surface area contributed by atoms with Gasteiger partial charge in [-0.15, -0.1) is 0 Å². The van der Waals surface area contributed by atoms with Gasteiger partial charge in [0.1, 0.15) is 19.7 Å². The SMILES string of the molecule is C[n+]1cccc(C[C@H](NC(=O)OCc2ccccc2)C(N)=O)c1. The Morgan fingerprint density at radius 2 is 1.87 bits per heavy atom. The Hall–Kier alpha value is -2.89. The Morgan fingerprint density at radius 1 is 1.17 bits per heavy atom. The van der Waals surface area contributed by atoms with Crippen LogP contribution in [-0.2, 0) is 29.6 Å². The summed E-state index contributed by atoms with van der Waals surface area (Å²) in [6.45, 7) is 0.137. The van der Waals surface area contributed by atoms with Crippen LogP contribution < -0.4 is 15.6 Å². The summed E-state index contributed by atoms with van der Waals surface area (Å²) in [5, 5.41) is 2.51. The van der Waals surface area contributed by atoms with Crippen LogP contribution in [0.3, 0.4) is 0 Å². The van der Waals surface area contributed by atoms with Crippen molar-refractivity contribution in [1.82, 2.24) is 5.32 Å². The molecular weight excluding hydrogens is 294 g/mol. The van der Waals surface area contributed by atoms with Crippen molar-refractivity contribution >= 4 is 12.0 Å². The van der Waals surface area contributed by atoms with E-state index in [1.165, 1.54) is 0 Å². The average Bonchev–Trinajstić information content (AvgIpc) is 2.53. The highest BCUT2D eigenvalue weighted by molar-refractivity contribution is 5.84. The Balaban J connectivity index is 1.91.